The molecule has 1 amide bonds. The van der Waals surface area contributed by atoms with Gasteiger partial charge in [0.05, 0.1) is 18.9 Å². The van der Waals surface area contributed by atoms with Crippen LogP contribution in [0.5, 0.6) is 0 Å². The molecule has 0 aliphatic carbocycles. The van der Waals surface area contributed by atoms with Gasteiger partial charge in [-0.05, 0) is 29.8 Å². The molecule has 1 N–H and O–H groups in total. The van der Waals surface area contributed by atoms with Crippen molar-refractivity contribution in [1.82, 2.24) is 24.8 Å². The number of nitrogens with zero attached hydrogens (tertiary/aromatic N) is 4. The first-order valence-corrected chi connectivity index (χ1v) is 9.69. The molecular formula is C20H20ClN5O3. The summed E-state index contributed by atoms with van der Waals surface area (Å²) in [6, 6.07) is 10.7. The minimum Gasteiger partial charge on any atom is -0.379 e. The number of aromatic nitrogens is 3. The maximum absolute atomic E-state index is 12.8. The molecule has 3 aromatic rings. The van der Waals surface area contributed by atoms with E-state index in [1.54, 1.807) is 18.2 Å². The maximum atomic E-state index is 12.8. The van der Waals surface area contributed by atoms with Crippen molar-refractivity contribution < 1.29 is 9.53 Å². The number of hydrogen-bond acceptors (Lipinski definition) is 6. The molecule has 0 unspecified atom stereocenters. The van der Waals surface area contributed by atoms with Crippen molar-refractivity contribution in [3.63, 3.8) is 0 Å². The van der Waals surface area contributed by atoms with Gasteiger partial charge < -0.3 is 10.1 Å². The van der Waals surface area contributed by atoms with Crippen LogP contribution in [0.3, 0.4) is 0 Å². The van der Waals surface area contributed by atoms with Gasteiger partial charge in [-0.2, -0.15) is 9.61 Å². The highest BCUT2D eigenvalue weighted by Crippen LogP contribution is 2.09. The molecule has 1 fully saturated rings. The molecule has 8 nitrogen and oxygen atoms in total. The molecule has 1 aromatic carbocycles. The second-order valence-corrected chi connectivity index (χ2v) is 7.21. The van der Waals surface area contributed by atoms with Gasteiger partial charge in [0.15, 0.2) is 5.65 Å². The molecule has 0 spiro atoms. The summed E-state index contributed by atoms with van der Waals surface area (Å²) < 4.78 is 6.54. The van der Waals surface area contributed by atoms with Crippen LogP contribution in [0.4, 0.5) is 0 Å². The molecule has 3 heterocycles. The maximum Gasteiger partial charge on any atom is 0.287 e. The van der Waals surface area contributed by atoms with Gasteiger partial charge in [-0.15, -0.1) is 0 Å². The van der Waals surface area contributed by atoms with Gasteiger partial charge in [0.1, 0.15) is 5.56 Å². The van der Waals surface area contributed by atoms with Gasteiger partial charge >= 0.3 is 0 Å². The van der Waals surface area contributed by atoms with Gasteiger partial charge in [0.2, 0.25) is 0 Å². The average Bonchev–Trinajstić information content (AvgIpc) is 2.74. The Morgan fingerprint density at radius 1 is 1.14 bits per heavy atom. The summed E-state index contributed by atoms with van der Waals surface area (Å²) in [7, 11) is 0. The highest BCUT2D eigenvalue weighted by Gasteiger charge is 2.16. The minimum absolute atomic E-state index is 0.0486. The number of benzene rings is 1. The van der Waals surface area contributed by atoms with Crippen LogP contribution in [0.25, 0.3) is 5.65 Å². The highest BCUT2D eigenvalue weighted by atomic mass is 35.5. The summed E-state index contributed by atoms with van der Waals surface area (Å²) in [6.07, 6.45) is 1.29. The number of morpholine rings is 1. The zero-order valence-electron chi connectivity index (χ0n) is 15.7. The van der Waals surface area contributed by atoms with Crippen LogP contribution in [0, 0.1) is 0 Å². The molecule has 1 saturated heterocycles. The zero-order valence-corrected chi connectivity index (χ0v) is 16.4. The molecule has 0 atom stereocenters. The lowest BCUT2D eigenvalue weighted by Gasteiger charge is -2.26. The zero-order chi connectivity index (χ0) is 20.2. The molecule has 0 saturated carbocycles. The fourth-order valence-corrected chi connectivity index (χ4v) is 3.24. The molecule has 1 aliphatic heterocycles. The predicted molar refractivity (Wildman–Crippen MR) is 108 cm³/mol. The summed E-state index contributed by atoms with van der Waals surface area (Å²) in [6.45, 7) is 3.90. The Labute approximate surface area is 172 Å². The highest BCUT2D eigenvalue weighted by molar-refractivity contribution is 6.30. The Bertz CT molecular complexity index is 1080. The van der Waals surface area contributed by atoms with Gasteiger partial charge in [0.25, 0.3) is 11.5 Å². The van der Waals surface area contributed by atoms with Crippen molar-refractivity contribution in [2.45, 2.75) is 13.1 Å². The smallest absolute Gasteiger partial charge is 0.287 e. The molecule has 0 radical (unpaired) electrons. The van der Waals surface area contributed by atoms with E-state index in [9.17, 15) is 9.59 Å². The number of fused-ring (bicyclic) bond motifs is 1. The number of hydrogen-bond donors (Lipinski definition) is 1. The summed E-state index contributed by atoms with van der Waals surface area (Å²) in [5, 5.41) is 7.76. The van der Waals surface area contributed by atoms with E-state index in [-0.39, 0.29) is 12.1 Å². The minimum atomic E-state index is -0.493. The quantitative estimate of drug-likeness (QED) is 0.682. The molecular weight excluding hydrogens is 394 g/mol. The van der Waals surface area contributed by atoms with Crippen LogP contribution in [0.15, 0.2) is 47.4 Å². The van der Waals surface area contributed by atoms with E-state index in [0.717, 1.165) is 24.3 Å². The van der Waals surface area contributed by atoms with Crippen molar-refractivity contribution in [1.29, 1.82) is 0 Å². The Kier molecular flexibility index (Phi) is 5.84. The topological polar surface area (TPSA) is 88.8 Å². The van der Waals surface area contributed by atoms with Crippen molar-refractivity contribution in [2.75, 3.05) is 26.3 Å². The van der Waals surface area contributed by atoms with Crippen LogP contribution in [-0.4, -0.2) is 51.7 Å². The number of carbonyl (C=O) groups excluding carboxylic acids is 1. The van der Waals surface area contributed by atoms with Crippen LogP contribution in [0.2, 0.25) is 5.02 Å². The number of amides is 1. The average molecular weight is 414 g/mol. The van der Waals surface area contributed by atoms with Crippen LogP contribution in [0.1, 0.15) is 21.6 Å². The van der Waals surface area contributed by atoms with Gasteiger partial charge in [-0.3, -0.25) is 14.5 Å². The van der Waals surface area contributed by atoms with Crippen molar-refractivity contribution in [3.8, 4) is 0 Å². The van der Waals surface area contributed by atoms with E-state index in [0.29, 0.717) is 30.4 Å². The fourth-order valence-electron chi connectivity index (χ4n) is 3.11. The largest absolute Gasteiger partial charge is 0.379 e. The molecule has 150 valence electrons. The first-order chi connectivity index (χ1) is 14.1. The Balaban J connectivity index is 1.52. The van der Waals surface area contributed by atoms with Crippen LogP contribution in [-0.2, 0) is 17.8 Å². The summed E-state index contributed by atoms with van der Waals surface area (Å²) >= 11 is 5.86. The van der Waals surface area contributed by atoms with E-state index in [4.69, 9.17) is 16.3 Å². The molecule has 2 aromatic heterocycles. The van der Waals surface area contributed by atoms with Gasteiger partial charge in [-0.1, -0.05) is 23.7 Å². The molecule has 4 rings (SSSR count). The third kappa shape index (κ3) is 4.61. The number of nitrogens with one attached hydrogen (secondary N) is 1. The van der Waals surface area contributed by atoms with E-state index in [2.05, 4.69) is 20.3 Å². The Morgan fingerprint density at radius 2 is 1.90 bits per heavy atom. The monoisotopic (exact) mass is 413 g/mol. The molecule has 29 heavy (non-hydrogen) atoms. The summed E-state index contributed by atoms with van der Waals surface area (Å²) in [5.74, 6) is -0.493. The number of rotatable bonds is 5. The van der Waals surface area contributed by atoms with Gasteiger partial charge in [0, 0.05) is 37.4 Å². The normalized spacial score (nSPS) is 14.8. The van der Waals surface area contributed by atoms with Gasteiger partial charge in [-0.25, -0.2) is 4.98 Å². The van der Waals surface area contributed by atoms with Crippen LogP contribution < -0.4 is 10.9 Å². The van der Waals surface area contributed by atoms with Crippen molar-refractivity contribution in [2.24, 2.45) is 0 Å². The van der Waals surface area contributed by atoms with Crippen molar-refractivity contribution in [3.05, 3.63) is 74.8 Å². The summed E-state index contributed by atoms with van der Waals surface area (Å²) in [4.78, 5) is 31.7. The van der Waals surface area contributed by atoms with E-state index >= 15 is 0 Å². The lowest BCUT2D eigenvalue weighted by Crippen LogP contribution is -2.36. The third-order valence-electron chi connectivity index (χ3n) is 4.72. The van der Waals surface area contributed by atoms with E-state index in [1.807, 2.05) is 18.2 Å². The second-order valence-electron chi connectivity index (χ2n) is 6.77. The predicted octanol–water partition coefficient (Wildman–Crippen LogP) is 1.51. The Hall–Kier alpha value is -2.81. The lowest BCUT2D eigenvalue weighted by atomic mass is 10.2. The van der Waals surface area contributed by atoms with Crippen LogP contribution >= 0.6 is 11.6 Å². The fraction of sp³-hybridized carbons (Fsp3) is 0.300. The summed E-state index contributed by atoms with van der Waals surface area (Å²) in [5.41, 5.74) is 1.47. The third-order valence-corrected chi connectivity index (χ3v) is 4.97. The van der Waals surface area contributed by atoms with E-state index in [1.165, 1.54) is 10.7 Å². The molecule has 1 aliphatic rings. The number of halogens is 1. The first-order valence-electron chi connectivity index (χ1n) is 9.31. The molecule has 0 bridgehead atoms. The molecule has 9 heteroatoms. The second kappa shape index (κ2) is 8.69. The first kappa shape index (κ1) is 19.5. The number of ether oxygens (including phenoxy) is 1. The standard InChI is InChI=1S/C20H20ClN5O3/c21-15-3-1-14(2-4-15)11-23-19(27)17-12-22-18-6-5-16(24-26(18)20(17)28)13-25-7-9-29-10-8-25/h1-6,12H,7-11,13H2,(H,23,27). The lowest BCUT2D eigenvalue weighted by molar-refractivity contribution is 0.0335. The Morgan fingerprint density at radius 3 is 2.66 bits per heavy atom. The van der Waals surface area contributed by atoms with E-state index < -0.39 is 11.5 Å². The van der Waals surface area contributed by atoms with Crippen molar-refractivity contribution >= 4 is 23.2 Å². The number of carbonyl (C=O) groups is 1. The SMILES string of the molecule is O=C(NCc1ccc(Cl)cc1)c1cnc2ccc(CN3CCOCC3)nn2c1=O.